The van der Waals surface area contributed by atoms with Crippen molar-refractivity contribution in [2.75, 3.05) is 46.5 Å². The number of carbonyl (C=O) groups excluding carboxylic acids is 1. The highest BCUT2D eigenvalue weighted by Gasteiger charge is 2.42. The summed E-state index contributed by atoms with van der Waals surface area (Å²) in [4.78, 5) is 30.2. The number of para-hydroxylation sites is 1. The normalized spacial score (nSPS) is 18.8. The van der Waals surface area contributed by atoms with Gasteiger partial charge in [0.05, 0.1) is 43.9 Å². The molecule has 1 amide bonds. The maximum atomic E-state index is 13.5. The van der Waals surface area contributed by atoms with Gasteiger partial charge in [-0.15, -0.1) is 0 Å². The number of ether oxygens (including phenoxy) is 2. The van der Waals surface area contributed by atoms with Gasteiger partial charge in [0.2, 0.25) is 5.76 Å². The molecule has 3 heterocycles. The number of fused-ring (bicyclic) bond motifs is 2. The van der Waals surface area contributed by atoms with Gasteiger partial charge >= 0.3 is 0 Å². The van der Waals surface area contributed by atoms with Crippen LogP contribution < -0.4 is 15.1 Å². The van der Waals surface area contributed by atoms with Crippen LogP contribution in [0.15, 0.2) is 57.7 Å². The second-order valence-electron chi connectivity index (χ2n) is 8.31. The van der Waals surface area contributed by atoms with Crippen LogP contribution in [0, 0.1) is 0 Å². The van der Waals surface area contributed by atoms with Crippen LogP contribution in [0.4, 0.5) is 0 Å². The smallest absolute Gasteiger partial charge is 0.290 e. The van der Waals surface area contributed by atoms with E-state index in [1.807, 2.05) is 30.3 Å². The van der Waals surface area contributed by atoms with Crippen molar-refractivity contribution in [3.05, 3.63) is 75.6 Å². The number of nitrogens with zero attached hydrogens (tertiary/aromatic N) is 1. The predicted octanol–water partition coefficient (Wildman–Crippen LogP) is 1.65. The molecule has 3 aromatic rings. The van der Waals surface area contributed by atoms with Gasteiger partial charge in [-0.2, -0.15) is 0 Å². The quantitative estimate of drug-likeness (QED) is 0.638. The summed E-state index contributed by atoms with van der Waals surface area (Å²) in [5.41, 5.74) is 1.55. The van der Waals surface area contributed by atoms with E-state index in [2.05, 4.69) is 0 Å². The lowest BCUT2D eigenvalue weighted by molar-refractivity contribution is -0.908. The molecule has 0 spiro atoms. The number of rotatable bonds is 6. The lowest BCUT2D eigenvalue weighted by Gasteiger charge is -2.27. The third kappa shape index (κ3) is 3.67. The molecule has 1 atom stereocenters. The average molecular weight is 436 g/mol. The van der Waals surface area contributed by atoms with Gasteiger partial charge in [-0.05, 0) is 29.8 Å². The molecule has 0 radical (unpaired) electrons. The number of methoxy groups -OCH3 is 1. The summed E-state index contributed by atoms with van der Waals surface area (Å²) in [6, 6.07) is 14.2. The van der Waals surface area contributed by atoms with Crippen LogP contribution >= 0.6 is 0 Å². The molecule has 1 N–H and O–H groups in total. The molecule has 0 saturated carbocycles. The van der Waals surface area contributed by atoms with Crippen LogP contribution in [-0.4, -0.2) is 57.3 Å². The van der Waals surface area contributed by atoms with E-state index in [1.165, 1.54) is 4.90 Å². The number of carbonyl (C=O) groups is 1. The lowest BCUT2D eigenvalue weighted by Crippen LogP contribution is -3.14. The first-order chi connectivity index (χ1) is 15.7. The van der Waals surface area contributed by atoms with Gasteiger partial charge in [0, 0.05) is 13.0 Å². The van der Waals surface area contributed by atoms with Gasteiger partial charge in [0.15, 0.2) is 5.43 Å². The Hall–Kier alpha value is -3.16. The Kier molecular flexibility index (Phi) is 5.68. The molecule has 0 bridgehead atoms. The predicted molar refractivity (Wildman–Crippen MR) is 119 cm³/mol. The molecule has 1 fully saturated rings. The van der Waals surface area contributed by atoms with Gasteiger partial charge < -0.3 is 23.7 Å². The highest BCUT2D eigenvalue weighted by molar-refractivity contribution is 5.99. The minimum absolute atomic E-state index is 0.149. The van der Waals surface area contributed by atoms with Crippen molar-refractivity contribution in [3.63, 3.8) is 0 Å². The van der Waals surface area contributed by atoms with Crippen LogP contribution in [0.3, 0.4) is 0 Å². The van der Waals surface area contributed by atoms with E-state index >= 15 is 0 Å². The van der Waals surface area contributed by atoms with Crippen molar-refractivity contribution in [1.29, 1.82) is 0 Å². The third-order valence-corrected chi connectivity index (χ3v) is 6.41. The fourth-order valence-corrected chi connectivity index (χ4v) is 4.77. The summed E-state index contributed by atoms with van der Waals surface area (Å²) in [5.74, 6) is 0.610. The third-order valence-electron chi connectivity index (χ3n) is 6.41. The first-order valence-electron chi connectivity index (χ1n) is 11.1. The Balaban J connectivity index is 1.53. The highest BCUT2D eigenvalue weighted by atomic mass is 16.5. The highest BCUT2D eigenvalue weighted by Crippen LogP contribution is 2.38. The summed E-state index contributed by atoms with van der Waals surface area (Å²) >= 11 is 0. The summed E-state index contributed by atoms with van der Waals surface area (Å²) in [6.07, 6.45) is 0.837. The average Bonchev–Trinajstić information content (AvgIpc) is 3.12. The molecule has 7 heteroatoms. The molecule has 1 aromatic heterocycles. The number of hydrogen-bond donors (Lipinski definition) is 1. The van der Waals surface area contributed by atoms with Gasteiger partial charge in [-0.25, -0.2) is 0 Å². The standard InChI is InChI=1S/C25H26N2O5/c1-30-18-7-4-6-17(16-18)22-21-23(28)19-8-2-3-9-20(19)32-24(21)25(29)27(22)11-5-10-26-12-14-31-15-13-26/h2-4,6-9,16,22H,5,10-15H2,1H3/p+1/t22-/m1/s1. The van der Waals surface area contributed by atoms with E-state index < -0.39 is 6.04 Å². The zero-order chi connectivity index (χ0) is 22.1. The summed E-state index contributed by atoms with van der Waals surface area (Å²) < 4.78 is 16.8. The number of quaternary nitrogens is 1. The van der Waals surface area contributed by atoms with Crippen LogP contribution in [-0.2, 0) is 4.74 Å². The van der Waals surface area contributed by atoms with Gasteiger partial charge in [0.1, 0.15) is 24.4 Å². The maximum Gasteiger partial charge on any atom is 0.290 e. The zero-order valence-electron chi connectivity index (χ0n) is 18.1. The monoisotopic (exact) mass is 435 g/mol. The molecular formula is C25H27N2O5+. The molecule has 2 aliphatic heterocycles. The largest absolute Gasteiger partial charge is 0.497 e. The first-order valence-corrected chi connectivity index (χ1v) is 11.1. The van der Waals surface area contributed by atoms with E-state index in [9.17, 15) is 9.59 Å². The molecule has 5 rings (SSSR count). The van der Waals surface area contributed by atoms with Crippen LogP contribution in [0.25, 0.3) is 11.0 Å². The van der Waals surface area contributed by atoms with Gasteiger partial charge in [-0.1, -0.05) is 24.3 Å². The van der Waals surface area contributed by atoms with Crippen molar-refractivity contribution in [1.82, 2.24) is 4.90 Å². The van der Waals surface area contributed by atoms with E-state index in [0.717, 1.165) is 44.8 Å². The van der Waals surface area contributed by atoms with Gasteiger partial charge in [-0.3, -0.25) is 9.59 Å². The van der Waals surface area contributed by atoms with Crippen molar-refractivity contribution in [2.45, 2.75) is 12.5 Å². The Labute approximate surface area is 186 Å². The number of hydrogen-bond acceptors (Lipinski definition) is 5. The SMILES string of the molecule is COc1cccc([C@@H]2c3c(oc4ccccc4c3=O)C(=O)N2CCC[NH+]2CCOCC2)c1. The molecule has 166 valence electrons. The van der Waals surface area contributed by atoms with E-state index in [-0.39, 0.29) is 17.1 Å². The number of nitrogens with one attached hydrogen (secondary N) is 1. The molecule has 0 unspecified atom stereocenters. The Morgan fingerprint density at radius 3 is 2.72 bits per heavy atom. The molecule has 1 saturated heterocycles. The maximum absolute atomic E-state index is 13.5. The van der Waals surface area contributed by atoms with Crippen molar-refractivity contribution in [2.24, 2.45) is 0 Å². The Morgan fingerprint density at radius 1 is 1.09 bits per heavy atom. The van der Waals surface area contributed by atoms with Crippen LogP contribution in [0.5, 0.6) is 5.75 Å². The fourth-order valence-electron chi connectivity index (χ4n) is 4.77. The van der Waals surface area contributed by atoms with Crippen molar-refractivity contribution in [3.8, 4) is 5.75 Å². The summed E-state index contributed by atoms with van der Waals surface area (Å²) in [7, 11) is 1.61. The minimum atomic E-state index is -0.492. The van der Waals surface area contributed by atoms with Crippen molar-refractivity contribution >= 4 is 16.9 Å². The Bertz CT molecular complexity index is 1200. The summed E-state index contributed by atoms with van der Waals surface area (Å²) in [6.45, 7) is 5.03. The van der Waals surface area contributed by atoms with E-state index in [1.54, 1.807) is 30.2 Å². The zero-order valence-corrected chi connectivity index (χ0v) is 18.1. The number of benzene rings is 2. The van der Waals surface area contributed by atoms with Crippen molar-refractivity contribution < 1.29 is 23.6 Å². The van der Waals surface area contributed by atoms with E-state index in [4.69, 9.17) is 13.9 Å². The number of amides is 1. The summed E-state index contributed by atoms with van der Waals surface area (Å²) in [5, 5.41) is 0.492. The molecule has 0 aliphatic carbocycles. The molecule has 2 aromatic carbocycles. The lowest BCUT2D eigenvalue weighted by atomic mass is 9.98. The number of morpholine rings is 1. The van der Waals surface area contributed by atoms with Crippen LogP contribution in [0.1, 0.15) is 34.1 Å². The Morgan fingerprint density at radius 2 is 1.91 bits per heavy atom. The second-order valence-corrected chi connectivity index (χ2v) is 8.31. The molecule has 32 heavy (non-hydrogen) atoms. The minimum Gasteiger partial charge on any atom is -0.497 e. The van der Waals surface area contributed by atoms with Crippen LogP contribution in [0.2, 0.25) is 0 Å². The molecule has 2 aliphatic rings. The van der Waals surface area contributed by atoms with Gasteiger partial charge in [0.25, 0.3) is 5.91 Å². The second kappa shape index (κ2) is 8.76. The first kappa shape index (κ1) is 20.7. The molecular weight excluding hydrogens is 408 g/mol. The van der Waals surface area contributed by atoms with E-state index in [0.29, 0.717) is 28.8 Å². The topological polar surface area (TPSA) is 73.4 Å². The fraction of sp³-hybridized carbons (Fsp3) is 0.360. The molecule has 7 nitrogen and oxygen atoms in total.